The first-order valence-corrected chi connectivity index (χ1v) is 6.13. The first-order chi connectivity index (χ1) is 8.06. The van der Waals surface area contributed by atoms with E-state index in [2.05, 4.69) is 0 Å². The monoisotopic (exact) mass is 275 g/mol. The molecule has 0 atom stereocenters. The predicted octanol–water partition coefficient (Wildman–Crippen LogP) is 3.48. The largest absolute Gasteiger partial charge is 0.494 e. The molecule has 17 heavy (non-hydrogen) atoms. The van der Waals surface area contributed by atoms with Crippen molar-refractivity contribution in [3.05, 3.63) is 27.7 Å². The Labute approximate surface area is 111 Å². The van der Waals surface area contributed by atoms with Gasteiger partial charge in [-0.15, -0.1) is 0 Å². The minimum absolute atomic E-state index is 0.106. The maximum Gasteiger partial charge on any atom is 0.257 e. The van der Waals surface area contributed by atoms with E-state index in [1.807, 2.05) is 13.8 Å². The van der Waals surface area contributed by atoms with E-state index in [4.69, 9.17) is 27.9 Å². The second kappa shape index (κ2) is 6.12. The van der Waals surface area contributed by atoms with Crippen LogP contribution in [0.2, 0.25) is 10.0 Å². The highest BCUT2D eigenvalue weighted by atomic mass is 35.5. The van der Waals surface area contributed by atoms with Crippen molar-refractivity contribution in [2.45, 2.75) is 13.8 Å². The van der Waals surface area contributed by atoms with Crippen LogP contribution in [-0.2, 0) is 0 Å². The number of hydrogen-bond donors (Lipinski definition) is 0. The summed E-state index contributed by atoms with van der Waals surface area (Å²) in [5, 5.41) is 0.645. The van der Waals surface area contributed by atoms with Crippen LogP contribution in [0.3, 0.4) is 0 Å². The molecule has 1 aromatic rings. The van der Waals surface area contributed by atoms with Crippen LogP contribution in [-0.4, -0.2) is 31.0 Å². The Morgan fingerprint density at radius 2 is 1.88 bits per heavy atom. The third kappa shape index (κ3) is 2.85. The summed E-state index contributed by atoms with van der Waals surface area (Å²) < 4.78 is 5.15. The molecule has 0 N–H and O–H groups in total. The zero-order valence-electron chi connectivity index (χ0n) is 10.1. The molecule has 0 aliphatic carbocycles. The molecule has 0 bridgehead atoms. The second-order valence-corrected chi connectivity index (χ2v) is 4.20. The highest BCUT2D eigenvalue weighted by molar-refractivity contribution is 6.43. The van der Waals surface area contributed by atoms with E-state index in [1.54, 1.807) is 17.0 Å². The summed E-state index contributed by atoms with van der Waals surface area (Å²) in [5.74, 6) is 0.224. The molecule has 3 nitrogen and oxygen atoms in total. The molecule has 0 saturated carbocycles. The molecule has 0 unspecified atom stereocenters. The summed E-state index contributed by atoms with van der Waals surface area (Å²) in [7, 11) is 1.47. The number of carbonyl (C=O) groups excluding carboxylic acids is 1. The maximum absolute atomic E-state index is 12.2. The van der Waals surface area contributed by atoms with Crippen molar-refractivity contribution in [1.29, 1.82) is 0 Å². The average molecular weight is 276 g/mol. The summed E-state index contributed by atoms with van der Waals surface area (Å²) in [5.41, 5.74) is 0.436. The van der Waals surface area contributed by atoms with E-state index in [0.29, 0.717) is 29.4 Å². The SMILES string of the molecule is CCN(CC)C(=O)c1ccc(Cl)c(Cl)c1OC. The highest BCUT2D eigenvalue weighted by Gasteiger charge is 2.20. The number of methoxy groups -OCH3 is 1. The Balaban J connectivity index is 3.22. The van der Waals surface area contributed by atoms with Crippen LogP contribution in [0.1, 0.15) is 24.2 Å². The smallest absolute Gasteiger partial charge is 0.257 e. The van der Waals surface area contributed by atoms with Crippen molar-refractivity contribution in [1.82, 2.24) is 4.90 Å². The highest BCUT2D eigenvalue weighted by Crippen LogP contribution is 2.35. The zero-order chi connectivity index (χ0) is 13.0. The van der Waals surface area contributed by atoms with Crippen LogP contribution >= 0.6 is 23.2 Å². The van der Waals surface area contributed by atoms with Gasteiger partial charge in [0.2, 0.25) is 0 Å². The van der Waals surface area contributed by atoms with Gasteiger partial charge in [-0.25, -0.2) is 0 Å². The Hall–Kier alpha value is -0.930. The van der Waals surface area contributed by atoms with E-state index in [1.165, 1.54) is 7.11 Å². The molecule has 1 rings (SSSR count). The predicted molar refractivity (Wildman–Crippen MR) is 70.3 cm³/mol. The van der Waals surface area contributed by atoms with Gasteiger partial charge in [0.25, 0.3) is 5.91 Å². The first-order valence-electron chi connectivity index (χ1n) is 5.38. The number of carbonyl (C=O) groups is 1. The Morgan fingerprint density at radius 3 is 2.35 bits per heavy atom. The average Bonchev–Trinajstić information content (AvgIpc) is 2.33. The number of ether oxygens (including phenoxy) is 1. The van der Waals surface area contributed by atoms with Crippen molar-refractivity contribution in [3.8, 4) is 5.75 Å². The number of halogens is 2. The quantitative estimate of drug-likeness (QED) is 0.842. The molecule has 0 aliphatic heterocycles. The molecule has 94 valence electrons. The minimum atomic E-state index is -0.106. The van der Waals surface area contributed by atoms with Gasteiger partial charge in [-0.2, -0.15) is 0 Å². The molecule has 0 spiro atoms. The van der Waals surface area contributed by atoms with E-state index in [-0.39, 0.29) is 10.9 Å². The molecule has 0 radical (unpaired) electrons. The number of amides is 1. The van der Waals surface area contributed by atoms with E-state index < -0.39 is 0 Å². The number of rotatable bonds is 4. The molecule has 0 aliphatic rings. The fourth-order valence-corrected chi connectivity index (χ4v) is 1.97. The molecule has 5 heteroatoms. The van der Waals surface area contributed by atoms with Crippen LogP contribution in [0, 0.1) is 0 Å². The van der Waals surface area contributed by atoms with Gasteiger partial charge in [0, 0.05) is 13.1 Å². The summed E-state index contributed by atoms with van der Waals surface area (Å²) >= 11 is 11.9. The molecular formula is C12H15Cl2NO2. The number of nitrogens with zero attached hydrogens (tertiary/aromatic N) is 1. The van der Waals surface area contributed by atoms with Crippen molar-refractivity contribution in [2.75, 3.05) is 20.2 Å². The van der Waals surface area contributed by atoms with Crippen molar-refractivity contribution >= 4 is 29.1 Å². The fourth-order valence-electron chi connectivity index (χ4n) is 1.58. The van der Waals surface area contributed by atoms with E-state index in [0.717, 1.165) is 0 Å². The zero-order valence-corrected chi connectivity index (χ0v) is 11.6. The van der Waals surface area contributed by atoms with Gasteiger partial charge in [0.05, 0.1) is 17.7 Å². The van der Waals surface area contributed by atoms with Crippen LogP contribution in [0.5, 0.6) is 5.75 Å². The summed E-state index contributed by atoms with van der Waals surface area (Å²) in [6.07, 6.45) is 0. The van der Waals surface area contributed by atoms with Gasteiger partial charge in [-0.3, -0.25) is 4.79 Å². The normalized spacial score (nSPS) is 10.2. The summed E-state index contributed by atoms with van der Waals surface area (Å²) in [4.78, 5) is 13.9. The fraction of sp³-hybridized carbons (Fsp3) is 0.417. The standard InChI is InChI=1S/C12H15Cl2NO2/c1-4-15(5-2)12(16)8-6-7-9(13)10(14)11(8)17-3/h6-7H,4-5H2,1-3H3. The van der Waals surface area contributed by atoms with Gasteiger partial charge < -0.3 is 9.64 Å². The Kier molecular flexibility index (Phi) is 5.09. The van der Waals surface area contributed by atoms with Gasteiger partial charge >= 0.3 is 0 Å². The third-order valence-electron chi connectivity index (χ3n) is 2.54. The Bertz CT molecular complexity index is 417. The molecule has 0 fully saturated rings. The van der Waals surface area contributed by atoms with Gasteiger partial charge in [0.15, 0.2) is 5.75 Å². The maximum atomic E-state index is 12.2. The molecule has 1 aromatic carbocycles. The first kappa shape index (κ1) is 14.1. The molecule has 0 aromatic heterocycles. The van der Waals surface area contributed by atoms with Gasteiger partial charge in [-0.05, 0) is 26.0 Å². The van der Waals surface area contributed by atoms with Gasteiger partial charge in [0.1, 0.15) is 5.02 Å². The molecule has 0 saturated heterocycles. The lowest BCUT2D eigenvalue weighted by atomic mass is 10.1. The van der Waals surface area contributed by atoms with Crippen molar-refractivity contribution in [2.24, 2.45) is 0 Å². The van der Waals surface area contributed by atoms with E-state index in [9.17, 15) is 4.79 Å². The van der Waals surface area contributed by atoms with Gasteiger partial charge in [-0.1, -0.05) is 23.2 Å². The van der Waals surface area contributed by atoms with Crippen LogP contribution in [0.4, 0.5) is 0 Å². The van der Waals surface area contributed by atoms with E-state index >= 15 is 0 Å². The summed E-state index contributed by atoms with van der Waals surface area (Å²) in [6.45, 7) is 5.12. The number of benzene rings is 1. The van der Waals surface area contributed by atoms with Crippen LogP contribution < -0.4 is 4.74 Å². The lowest BCUT2D eigenvalue weighted by Gasteiger charge is -2.20. The minimum Gasteiger partial charge on any atom is -0.494 e. The lowest BCUT2D eigenvalue weighted by Crippen LogP contribution is -2.30. The second-order valence-electron chi connectivity index (χ2n) is 3.42. The van der Waals surface area contributed by atoms with Crippen LogP contribution in [0.25, 0.3) is 0 Å². The molecule has 1 amide bonds. The molecular weight excluding hydrogens is 261 g/mol. The topological polar surface area (TPSA) is 29.5 Å². The number of hydrogen-bond acceptors (Lipinski definition) is 2. The summed E-state index contributed by atoms with van der Waals surface area (Å²) in [6, 6.07) is 3.23. The van der Waals surface area contributed by atoms with Crippen molar-refractivity contribution in [3.63, 3.8) is 0 Å². The van der Waals surface area contributed by atoms with Crippen molar-refractivity contribution < 1.29 is 9.53 Å². The van der Waals surface area contributed by atoms with Crippen LogP contribution in [0.15, 0.2) is 12.1 Å². The lowest BCUT2D eigenvalue weighted by molar-refractivity contribution is 0.0769. The Morgan fingerprint density at radius 1 is 1.29 bits per heavy atom. The third-order valence-corrected chi connectivity index (χ3v) is 3.32. The molecule has 0 heterocycles.